The normalized spacial score (nSPS) is 11.3. The number of carbonyl (C=O) groups is 3. The third-order valence-electron chi connectivity index (χ3n) is 5.20. The molecule has 184 valence electrons. The molecule has 1 unspecified atom stereocenters. The highest BCUT2D eigenvalue weighted by molar-refractivity contribution is 5.86. The smallest absolute Gasteiger partial charge is 0.413 e. The quantitative estimate of drug-likeness (QED) is 0.241. The van der Waals surface area contributed by atoms with Crippen LogP contribution in [0.3, 0.4) is 0 Å². The van der Waals surface area contributed by atoms with Crippen LogP contribution in [-0.4, -0.2) is 42.3 Å². The van der Waals surface area contributed by atoms with Crippen LogP contribution < -0.4 is 20.1 Å². The van der Waals surface area contributed by atoms with Gasteiger partial charge in [0.2, 0.25) is 0 Å². The maximum atomic E-state index is 12.9. The molecule has 0 aliphatic rings. The van der Waals surface area contributed by atoms with E-state index in [1.807, 2.05) is 24.3 Å². The third kappa shape index (κ3) is 6.86. The Hall–Kier alpha value is -4.79. The molecule has 9 heteroatoms. The van der Waals surface area contributed by atoms with Crippen LogP contribution in [0.15, 0.2) is 91.1 Å². The number of fused-ring (bicyclic) bond motifs is 1. The number of aromatic amines is 1. The predicted molar refractivity (Wildman–Crippen MR) is 133 cm³/mol. The van der Waals surface area contributed by atoms with Crippen molar-refractivity contribution in [2.45, 2.75) is 12.5 Å². The monoisotopic (exact) mass is 487 g/mol. The third-order valence-corrected chi connectivity index (χ3v) is 5.20. The van der Waals surface area contributed by atoms with E-state index in [9.17, 15) is 14.4 Å². The molecule has 36 heavy (non-hydrogen) atoms. The number of rotatable bonds is 9. The maximum absolute atomic E-state index is 12.9. The summed E-state index contributed by atoms with van der Waals surface area (Å²) in [5.74, 6) is 0.0748. The van der Waals surface area contributed by atoms with Crippen LogP contribution in [0.1, 0.15) is 5.56 Å². The summed E-state index contributed by atoms with van der Waals surface area (Å²) < 4.78 is 15.7. The average Bonchev–Trinajstić information content (AvgIpc) is 3.30. The molecule has 0 saturated carbocycles. The number of para-hydroxylation sites is 3. The zero-order chi connectivity index (χ0) is 25.2. The van der Waals surface area contributed by atoms with Gasteiger partial charge in [0.15, 0.2) is 0 Å². The number of carbonyl (C=O) groups excluding carboxylic acids is 3. The van der Waals surface area contributed by atoms with Crippen LogP contribution in [0, 0.1) is 0 Å². The van der Waals surface area contributed by atoms with Gasteiger partial charge in [-0.1, -0.05) is 54.6 Å². The largest absolute Gasteiger partial charge is 0.462 e. The number of aromatic nitrogens is 1. The molecule has 4 rings (SSSR count). The first kappa shape index (κ1) is 24.3. The molecule has 0 spiro atoms. The van der Waals surface area contributed by atoms with E-state index in [1.165, 1.54) is 0 Å². The number of esters is 1. The van der Waals surface area contributed by atoms with Crippen molar-refractivity contribution in [1.29, 1.82) is 0 Å². The van der Waals surface area contributed by atoms with Crippen molar-refractivity contribution in [1.82, 2.24) is 15.6 Å². The molecule has 4 aromatic rings. The molecule has 1 atom stereocenters. The first-order valence-electron chi connectivity index (χ1n) is 11.3. The van der Waals surface area contributed by atoms with E-state index in [1.54, 1.807) is 66.9 Å². The van der Waals surface area contributed by atoms with Gasteiger partial charge in [-0.2, -0.15) is 0 Å². The van der Waals surface area contributed by atoms with E-state index in [2.05, 4.69) is 15.6 Å². The molecule has 3 N–H and O–H groups in total. The minimum Gasteiger partial charge on any atom is -0.462 e. The van der Waals surface area contributed by atoms with Crippen molar-refractivity contribution in [3.05, 3.63) is 96.7 Å². The molecule has 3 aromatic carbocycles. The SMILES string of the molecule is O=C(NCCOC(=O)C(Cc1c[nH]c2ccccc12)NC(=O)Oc1ccccc1)Oc1ccccc1. The van der Waals surface area contributed by atoms with E-state index < -0.39 is 24.2 Å². The summed E-state index contributed by atoms with van der Waals surface area (Å²) in [7, 11) is 0. The lowest BCUT2D eigenvalue weighted by atomic mass is 10.1. The van der Waals surface area contributed by atoms with Gasteiger partial charge in [-0.05, 0) is 35.9 Å². The second kappa shape index (κ2) is 12.1. The molecule has 0 aliphatic carbocycles. The lowest BCUT2D eigenvalue weighted by Gasteiger charge is -2.17. The van der Waals surface area contributed by atoms with E-state index >= 15 is 0 Å². The van der Waals surface area contributed by atoms with Crippen LogP contribution in [0.2, 0.25) is 0 Å². The van der Waals surface area contributed by atoms with Gasteiger partial charge in [-0.25, -0.2) is 14.4 Å². The Balaban J connectivity index is 1.34. The number of hydrogen-bond acceptors (Lipinski definition) is 6. The van der Waals surface area contributed by atoms with Crippen molar-refractivity contribution >= 4 is 29.1 Å². The molecule has 1 heterocycles. The summed E-state index contributed by atoms with van der Waals surface area (Å²) in [4.78, 5) is 40.4. The van der Waals surface area contributed by atoms with Crippen LogP contribution in [0.5, 0.6) is 11.5 Å². The number of hydrogen-bond donors (Lipinski definition) is 3. The molecular weight excluding hydrogens is 462 g/mol. The number of ether oxygens (including phenoxy) is 3. The molecule has 0 bridgehead atoms. The van der Waals surface area contributed by atoms with Gasteiger partial charge in [-0.3, -0.25) is 0 Å². The van der Waals surface area contributed by atoms with Gasteiger partial charge in [0.05, 0.1) is 6.54 Å². The molecule has 0 aliphatic heterocycles. The summed E-state index contributed by atoms with van der Waals surface area (Å²) in [5, 5.41) is 6.03. The zero-order valence-corrected chi connectivity index (χ0v) is 19.3. The minimum atomic E-state index is -1.02. The molecule has 0 radical (unpaired) electrons. The van der Waals surface area contributed by atoms with E-state index in [-0.39, 0.29) is 19.6 Å². The van der Waals surface area contributed by atoms with E-state index in [0.717, 1.165) is 16.5 Å². The van der Waals surface area contributed by atoms with Crippen molar-refractivity contribution in [2.24, 2.45) is 0 Å². The Morgan fingerprint density at radius 2 is 1.39 bits per heavy atom. The molecule has 0 saturated heterocycles. The average molecular weight is 488 g/mol. The van der Waals surface area contributed by atoms with Crippen LogP contribution in [0.25, 0.3) is 10.9 Å². The van der Waals surface area contributed by atoms with Crippen molar-refractivity contribution in [3.63, 3.8) is 0 Å². The lowest BCUT2D eigenvalue weighted by molar-refractivity contribution is -0.145. The lowest BCUT2D eigenvalue weighted by Crippen LogP contribution is -2.45. The molecule has 1 aromatic heterocycles. The number of H-pyrrole nitrogens is 1. The number of nitrogens with one attached hydrogen (secondary N) is 3. The first-order chi connectivity index (χ1) is 17.6. The first-order valence-corrected chi connectivity index (χ1v) is 11.3. The topological polar surface area (TPSA) is 119 Å². The van der Waals surface area contributed by atoms with Crippen molar-refractivity contribution < 1.29 is 28.6 Å². The minimum absolute atomic E-state index is 0.0334. The van der Waals surface area contributed by atoms with Gasteiger partial charge in [0.25, 0.3) is 0 Å². The second-order valence-corrected chi connectivity index (χ2v) is 7.76. The van der Waals surface area contributed by atoms with Gasteiger partial charge in [0, 0.05) is 23.5 Å². The summed E-state index contributed by atoms with van der Waals surface area (Å²) in [5.41, 5.74) is 1.74. The fraction of sp³-hybridized carbons (Fsp3) is 0.148. The number of amides is 2. The van der Waals surface area contributed by atoms with E-state index in [4.69, 9.17) is 14.2 Å². The van der Waals surface area contributed by atoms with Crippen LogP contribution in [0.4, 0.5) is 9.59 Å². The van der Waals surface area contributed by atoms with Gasteiger partial charge >= 0.3 is 18.2 Å². The van der Waals surface area contributed by atoms with Crippen molar-refractivity contribution in [2.75, 3.05) is 13.2 Å². The molecule has 2 amide bonds. The molecular formula is C27H25N3O6. The Morgan fingerprint density at radius 1 is 0.778 bits per heavy atom. The fourth-order valence-corrected chi connectivity index (χ4v) is 3.52. The van der Waals surface area contributed by atoms with Crippen LogP contribution >= 0.6 is 0 Å². The molecule has 0 fully saturated rings. The Bertz CT molecular complexity index is 1310. The summed E-state index contributed by atoms with van der Waals surface area (Å²) in [6.45, 7) is -0.0752. The Morgan fingerprint density at radius 3 is 2.08 bits per heavy atom. The summed E-state index contributed by atoms with van der Waals surface area (Å²) >= 11 is 0. The highest BCUT2D eigenvalue weighted by Crippen LogP contribution is 2.19. The maximum Gasteiger partial charge on any atom is 0.413 e. The second-order valence-electron chi connectivity index (χ2n) is 7.76. The van der Waals surface area contributed by atoms with Gasteiger partial charge in [0.1, 0.15) is 24.1 Å². The Kier molecular flexibility index (Phi) is 8.16. The highest BCUT2D eigenvalue weighted by atomic mass is 16.6. The van der Waals surface area contributed by atoms with Gasteiger partial charge in [-0.15, -0.1) is 0 Å². The number of benzene rings is 3. The fourth-order valence-electron chi connectivity index (χ4n) is 3.52. The zero-order valence-electron chi connectivity index (χ0n) is 19.3. The highest BCUT2D eigenvalue weighted by Gasteiger charge is 2.25. The summed E-state index contributed by atoms with van der Waals surface area (Å²) in [6, 6.07) is 23.7. The molecule has 9 nitrogen and oxygen atoms in total. The predicted octanol–water partition coefficient (Wildman–Crippen LogP) is 4.20. The van der Waals surface area contributed by atoms with E-state index in [0.29, 0.717) is 11.5 Å². The van der Waals surface area contributed by atoms with Crippen molar-refractivity contribution in [3.8, 4) is 11.5 Å². The Labute approximate surface area is 207 Å². The summed E-state index contributed by atoms with van der Waals surface area (Å²) in [6.07, 6.45) is 0.511. The van der Waals surface area contributed by atoms with Crippen LogP contribution in [-0.2, 0) is 16.0 Å². The van der Waals surface area contributed by atoms with Gasteiger partial charge < -0.3 is 29.8 Å². The standard InChI is InChI=1S/C27H25N3O6/c31-25(34-16-15-28-26(32)35-20-9-3-1-4-10-20)24(30-27(33)36-21-11-5-2-6-12-21)17-19-18-29-23-14-8-7-13-22(19)23/h1-14,18,24,29H,15-17H2,(H,28,32)(H,30,33).